The molecule has 0 amide bonds. The number of esters is 10. The third-order valence-electron chi connectivity index (χ3n) is 21.6. The number of carbonyl (C=O) groups excluding carboxylic acids is 10. The highest BCUT2D eigenvalue weighted by atomic mass is 16.8. The van der Waals surface area contributed by atoms with Crippen LogP contribution < -0.4 is 4.74 Å². The average Bonchev–Trinajstić information content (AvgIpc) is 0.886. The number of hydrogen-bond acceptors (Lipinski definition) is 52. The molecule has 0 aliphatic carbocycles. The minimum atomic E-state index is -3.05. The van der Waals surface area contributed by atoms with E-state index < -0.39 is 413 Å². The van der Waals surface area contributed by atoms with Gasteiger partial charge >= 0.3 is 59.7 Å². The summed E-state index contributed by atoms with van der Waals surface area (Å²) in [4.78, 5) is 151. The molecule has 0 spiro atoms. The van der Waals surface area contributed by atoms with Gasteiger partial charge in [0.15, 0.2) is 145 Å². The van der Waals surface area contributed by atoms with E-state index in [1.807, 2.05) is 0 Å². The summed E-state index contributed by atoms with van der Waals surface area (Å²) in [6.45, 7) is -3.19. The maximum atomic E-state index is 16.1. The Kier molecular flexibility index (Phi) is 20.9. The molecule has 16 rings (SSSR count). The van der Waals surface area contributed by atoms with E-state index in [2.05, 4.69) is 0 Å². The zero-order valence-corrected chi connectivity index (χ0v) is 65.4. The normalized spacial score (nSPS) is 20.1. The third-order valence-corrected chi connectivity index (χ3v) is 21.6. The number of phenolic OH excluding ortho intramolecular Hbond substituents is 29. The Morgan fingerprint density at radius 3 is 0.776 bits per heavy atom. The van der Waals surface area contributed by atoms with Crippen LogP contribution in [0.1, 0.15) is 104 Å². The topological polar surface area (TPSA) is 877 Å². The molecule has 0 radical (unpaired) electrons. The molecule has 10 atom stereocenters. The Labute approximate surface area is 734 Å². The third kappa shape index (κ3) is 13.9. The smallest absolute Gasteiger partial charge is 0.343 e. The molecule has 29 N–H and O–H groups in total. The number of benzene rings is 10. The molecule has 0 saturated carbocycles. The molecule has 52 nitrogen and oxygen atoms in total. The molecule has 2 saturated heterocycles. The SMILES string of the molecule is O=C(O[C@@H]1O[C@@H]2COC(=O)c3cc(O)c(O)c(O)c3-c3c(cc(O)c(O)c3O)C(=O)O[C@@H]2[C@@H]2OC(=O)c3cc(O)c(O)c(O)c3-c3c(cc(O)c(O)c3O)C(=O)O[C@@H]12)c1cc(O)c(O)c(Oc2c(O)c(O)c(O)c3c2C(=O)O[C@@H]2[C@@H]4OC(=O)c5cc(O)c(O)c(O)c5-c5c(cc(O)c(O)c5O)C(=O)O[C@H]4[C@@H](OC(=O)c4cc(O)c(O)c(O)c4)O[C@@H]2COC(=O)c2cc(O)c(O)c(O)c2-3)c1. The van der Waals surface area contributed by atoms with Gasteiger partial charge in [0.05, 0.1) is 55.6 Å². The number of carbonyl (C=O) groups is 10. The number of hydrogen-bond donors (Lipinski definition) is 29. The van der Waals surface area contributed by atoms with Crippen molar-refractivity contribution in [3.63, 3.8) is 0 Å². The summed E-state index contributed by atoms with van der Waals surface area (Å²) < 4.78 is 74.9. The summed E-state index contributed by atoms with van der Waals surface area (Å²) in [6, 6.07) is 3.02. The van der Waals surface area contributed by atoms with Crippen LogP contribution in [0.4, 0.5) is 0 Å². The van der Waals surface area contributed by atoms with Crippen molar-refractivity contribution in [2.75, 3.05) is 13.2 Å². The van der Waals surface area contributed by atoms with Gasteiger partial charge in [-0.2, -0.15) is 0 Å². The lowest BCUT2D eigenvalue weighted by Crippen LogP contribution is -2.63. The molecule has 6 aliphatic rings. The first-order chi connectivity index (χ1) is 63.1. The number of ether oxygens (including phenoxy) is 13. The van der Waals surface area contributed by atoms with Gasteiger partial charge in [-0.1, -0.05) is 0 Å². The van der Waals surface area contributed by atoms with E-state index in [-0.39, 0.29) is 48.5 Å². The number of aromatic hydroxyl groups is 29. The summed E-state index contributed by atoms with van der Waals surface area (Å²) >= 11 is 0. The zero-order valence-electron chi connectivity index (χ0n) is 65.4. The number of phenols is 29. The molecule has 0 aromatic heterocycles. The predicted molar refractivity (Wildman–Crippen MR) is 413 cm³/mol. The number of rotatable bonds is 6. The van der Waals surface area contributed by atoms with E-state index in [1.165, 1.54) is 0 Å². The lowest BCUT2D eigenvalue weighted by Gasteiger charge is -2.44. The summed E-state index contributed by atoms with van der Waals surface area (Å²) in [5, 5.41) is 324. The highest BCUT2D eigenvalue weighted by Gasteiger charge is 2.59. The summed E-state index contributed by atoms with van der Waals surface area (Å²) in [7, 11) is 0. The Morgan fingerprint density at radius 1 is 0.231 bits per heavy atom. The van der Waals surface area contributed by atoms with Crippen LogP contribution >= 0.6 is 0 Å². The molecule has 0 bridgehead atoms. The van der Waals surface area contributed by atoms with Gasteiger partial charge in [0.25, 0.3) is 0 Å². The molecule has 0 unspecified atom stereocenters. The van der Waals surface area contributed by atoms with Crippen molar-refractivity contribution < 1.29 is 258 Å². The van der Waals surface area contributed by atoms with E-state index in [0.717, 1.165) is 0 Å². The Morgan fingerprint density at radius 2 is 0.470 bits per heavy atom. The first-order valence-electron chi connectivity index (χ1n) is 37.2. The number of cyclic esters (lactones) is 2. The first kappa shape index (κ1) is 88.3. The van der Waals surface area contributed by atoms with Crippen molar-refractivity contribution in [1.29, 1.82) is 0 Å². The van der Waals surface area contributed by atoms with Crippen LogP contribution in [-0.4, -0.2) is 282 Å². The quantitative estimate of drug-likeness (QED) is 0.0641. The molecule has 52 heteroatoms. The van der Waals surface area contributed by atoms with E-state index in [0.29, 0.717) is 18.2 Å². The fourth-order valence-electron chi connectivity index (χ4n) is 15.2. The Bertz CT molecular complexity index is 6960. The molecule has 6 heterocycles. The Balaban J connectivity index is 0.849. The van der Waals surface area contributed by atoms with Crippen molar-refractivity contribution in [1.82, 2.24) is 0 Å². The van der Waals surface area contributed by atoms with Crippen molar-refractivity contribution in [2.24, 2.45) is 0 Å². The highest BCUT2D eigenvalue weighted by molar-refractivity contribution is 6.14. The summed E-state index contributed by atoms with van der Waals surface area (Å²) in [5.41, 5.74) is -24.4. The van der Waals surface area contributed by atoms with Gasteiger partial charge in [0.1, 0.15) is 31.0 Å². The maximum absolute atomic E-state index is 16.1. The van der Waals surface area contributed by atoms with Crippen LogP contribution in [0.5, 0.6) is 178 Å². The van der Waals surface area contributed by atoms with E-state index in [4.69, 9.17) is 61.6 Å². The minimum absolute atomic E-state index is 0.174. The van der Waals surface area contributed by atoms with Gasteiger partial charge in [0, 0.05) is 38.9 Å². The van der Waals surface area contributed by atoms with Crippen molar-refractivity contribution >= 4 is 59.7 Å². The van der Waals surface area contributed by atoms with Crippen molar-refractivity contribution in [3.05, 3.63) is 122 Å². The van der Waals surface area contributed by atoms with E-state index in [9.17, 15) is 162 Å². The molecule has 6 aliphatic heterocycles. The fourth-order valence-corrected chi connectivity index (χ4v) is 15.2. The van der Waals surface area contributed by atoms with Crippen LogP contribution in [0.25, 0.3) is 44.5 Å². The van der Waals surface area contributed by atoms with Gasteiger partial charge < -0.3 is 210 Å². The lowest BCUT2D eigenvalue weighted by atomic mass is 9.90. The highest BCUT2D eigenvalue weighted by Crippen LogP contribution is 2.62. The predicted octanol–water partition coefficient (Wildman–Crippen LogP) is 3.69. The zero-order chi connectivity index (χ0) is 97.2. The summed E-state index contributed by atoms with van der Waals surface area (Å²) in [6.07, 6.45) is -28.7. The number of fused-ring (bicyclic) bond motifs is 18. The summed E-state index contributed by atoms with van der Waals surface area (Å²) in [5.74, 6) is -70.3. The fraction of sp³-hybridized carbons (Fsp3) is 0.146. The second-order valence-electron chi connectivity index (χ2n) is 29.4. The molecule has 10 aromatic rings. The van der Waals surface area contributed by atoms with Gasteiger partial charge in [0.2, 0.25) is 82.3 Å². The van der Waals surface area contributed by atoms with E-state index in [1.54, 1.807) is 0 Å². The van der Waals surface area contributed by atoms with Gasteiger partial charge in [-0.05, 0) is 66.7 Å². The van der Waals surface area contributed by atoms with Crippen LogP contribution in [0.3, 0.4) is 0 Å². The van der Waals surface area contributed by atoms with E-state index >= 15 is 33.6 Å². The molecule has 10 aromatic carbocycles. The molecular weight excluding hydrogens is 1820 g/mol. The van der Waals surface area contributed by atoms with Crippen LogP contribution in [0.15, 0.2) is 66.7 Å². The average molecular weight is 1870 g/mol. The van der Waals surface area contributed by atoms with Gasteiger partial charge in [-0.15, -0.1) is 0 Å². The molecule has 694 valence electrons. The van der Waals surface area contributed by atoms with Crippen LogP contribution in [0.2, 0.25) is 0 Å². The van der Waals surface area contributed by atoms with Crippen molar-refractivity contribution in [3.8, 4) is 223 Å². The van der Waals surface area contributed by atoms with Crippen LogP contribution in [0, 0.1) is 0 Å². The van der Waals surface area contributed by atoms with Gasteiger partial charge in [-0.25, -0.2) is 47.9 Å². The monoisotopic (exact) mass is 1870 g/mol. The minimum Gasteiger partial charge on any atom is -0.504 e. The molecular formula is C82H54O52. The maximum Gasteiger partial charge on any atom is 0.343 e. The van der Waals surface area contributed by atoms with Crippen molar-refractivity contribution in [2.45, 2.75) is 61.4 Å². The van der Waals surface area contributed by atoms with Gasteiger partial charge in [-0.3, -0.25) is 0 Å². The molecule has 134 heavy (non-hydrogen) atoms. The molecule has 2 fully saturated rings. The second kappa shape index (κ2) is 31.7. The second-order valence-corrected chi connectivity index (χ2v) is 29.4. The lowest BCUT2D eigenvalue weighted by molar-refractivity contribution is -0.283. The standard InChI is InChI=1S/C82H54O52/c83-23-1-14(2-24(84)45(23)93)71(112)133-81-70-68(130-77(118)20-9-30(90)50(98)57(105)39(20)41-22(79(120)132-70)11-32(92)52(100)59(41)107)65-35(126-81)13-123-74(115)17-6-27(87)53(101)60(108)42(17)43-44(80(121)128-65)66(63(111)62(110)61(43)109)124-33-4-15(3-25(85)46(33)94)72(113)134-82-69-67(129-76(117)19-8-29(89)49(97)56(104)38(19)40-21(78(119)131-69)10-31(91)51(99)58(40)106)64-34(125-82)12-122-73(114)16-5-26(86)47(95)54(102)36(16)37-18(75(116)127-64)7-28(88)48(96)55(37)103/h1-11,34-35,64-65,67-70,81-111H,12-13H2/t34-,35-,64+,65+,67+,68+,69-,70-,81-,82+/m1/s1. The first-order valence-corrected chi connectivity index (χ1v) is 37.2. The largest absolute Gasteiger partial charge is 0.504 e. The Hall–Kier alpha value is -19.2. The van der Waals surface area contributed by atoms with Crippen LogP contribution in [-0.2, 0) is 56.8 Å².